The van der Waals surface area contributed by atoms with E-state index in [2.05, 4.69) is 67.2 Å². The minimum atomic E-state index is 0.302. The van der Waals surface area contributed by atoms with Crippen LogP contribution in [0.15, 0.2) is 0 Å². The van der Waals surface area contributed by atoms with Crippen LogP contribution in [0.3, 0.4) is 0 Å². The molecule has 2 atom stereocenters. The van der Waals surface area contributed by atoms with Gasteiger partial charge in [0, 0.05) is 18.1 Å². The number of nitrogens with zero attached hydrogens (tertiary/aromatic N) is 1. The summed E-state index contributed by atoms with van der Waals surface area (Å²) < 4.78 is 0. The summed E-state index contributed by atoms with van der Waals surface area (Å²) in [5.41, 5.74) is 1.17. The Morgan fingerprint density at radius 3 is 1.72 bits per heavy atom. The van der Waals surface area contributed by atoms with Gasteiger partial charge in [0.05, 0.1) is 0 Å². The summed E-state index contributed by atoms with van der Waals surface area (Å²) in [6.45, 7) is 22.7. The van der Waals surface area contributed by atoms with E-state index in [1.54, 1.807) is 0 Å². The van der Waals surface area contributed by atoms with E-state index in [0.717, 1.165) is 12.0 Å². The van der Waals surface area contributed by atoms with Crippen molar-refractivity contribution in [1.82, 2.24) is 4.90 Å². The minimum Gasteiger partial charge on any atom is -0.295 e. The van der Waals surface area contributed by atoms with E-state index in [-0.39, 0.29) is 0 Å². The maximum atomic E-state index is 2.76. The molecule has 0 radical (unpaired) electrons. The molecule has 0 aromatic heterocycles. The summed E-state index contributed by atoms with van der Waals surface area (Å²) in [7, 11) is 0. The fraction of sp³-hybridized carbons (Fsp3) is 1.00. The van der Waals surface area contributed by atoms with Crippen molar-refractivity contribution in [3.8, 4) is 0 Å². The van der Waals surface area contributed by atoms with Gasteiger partial charge in [0.1, 0.15) is 0 Å². The minimum absolute atomic E-state index is 0.302. The predicted molar refractivity (Wildman–Crippen MR) is 81.9 cm³/mol. The quantitative estimate of drug-likeness (QED) is 0.638. The maximum absolute atomic E-state index is 2.76. The first-order chi connectivity index (χ1) is 7.81. The average Bonchev–Trinajstić information content (AvgIpc) is 2.42. The fourth-order valence-corrected chi connectivity index (χ4v) is 3.27. The lowest BCUT2D eigenvalue weighted by Gasteiger charge is -2.39. The third kappa shape index (κ3) is 4.26. The van der Waals surface area contributed by atoms with Crippen LogP contribution in [0.2, 0.25) is 0 Å². The molecule has 1 heteroatoms. The normalized spacial score (nSPS) is 27.8. The van der Waals surface area contributed by atoms with E-state index in [0.29, 0.717) is 16.4 Å². The molecule has 0 aromatic carbocycles. The van der Waals surface area contributed by atoms with Crippen molar-refractivity contribution in [3.05, 3.63) is 0 Å². The largest absolute Gasteiger partial charge is 0.295 e. The second-order valence-corrected chi connectivity index (χ2v) is 9.54. The van der Waals surface area contributed by atoms with Gasteiger partial charge in [0.25, 0.3) is 0 Å². The fourth-order valence-electron chi connectivity index (χ4n) is 3.27. The van der Waals surface area contributed by atoms with Gasteiger partial charge in [-0.05, 0) is 50.4 Å². The summed E-state index contributed by atoms with van der Waals surface area (Å²) in [6.07, 6.45) is 2.69. The zero-order valence-corrected chi connectivity index (χ0v) is 14.2. The molecule has 0 saturated carbocycles. The van der Waals surface area contributed by atoms with Gasteiger partial charge in [-0.25, -0.2) is 0 Å². The molecule has 1 nitrogen and oxygen atoms in total. The Kier molecular flexibility index (Phi) is 4.28. The molecule has 0 N–H and O–H groups in total. The molecule has 1 rings (SSSR count). The summed E-state index contributed by atoms with van der Waals surface area (Å²) in [6, 6.07) is 0.759. The maximum Gasteiger partial charge on any atom is 0.0128 e. The lowest BCUT2D eigenvalue weighted by molar-refractivity contribution is 0.0898. The van der Waals surface area contributed by atoms with Crippen molar-refractivity contribution in [2.45, 2.75) is 86.7 Å². The highest BCUT2D eigenvalue weighted by Crippen LogP contribution is 2.42. The number of likely N-dealkylation sites (tertiary alicyclic amines) is 1. The Morgan fingerprint density at radius 2 is 1.39 bits per heavy atom. The van der Waals surface area contributed by atoms with Crippen LogP contribution in [-0.2, 0) is 0 Å². The van der Waals surface area contributed by atoms with Gasteiger partial charge in [-0.3, -0.25) is 4.90 Å². The summed E-state index contributed by atoms with van der Waals surface area (Å²) >= 11 is 0. The third-order valence-corrected chi connectivity index (χ3v) is 4.35. The highest BCUT2D eigenvalue weighted by molar-refractivity contribution is 4.96. The molecular weight excluding hydrogens is 218 g/mol. The summed E-state index contributed by atoms with van der Waals surface area (Å²) in [5.74, 6) is 0.837. The monoisotopic (exact) mass is 253 g/mol. The van der Waals surface area contributed by atoms with E-state index in [9.17, 15) is 0 Å². The van der Waals surface area contributed by atoms with Gasteiger partial charge >= 0.3 is 0 Å². The molecule has 2 unspecified atom stereocenters. The van der Waals surface area contributed by atoms with Crippen LogP contribution in [0.25, 0.3) is 0 Å². The Morgan fingerprint density at radius 1 is 0.889 bits per heavy atom. The van der Waals surface area contributed by atoms with Crippen molar-refractivity contribution in [3.63, 3.8) is 0 Å². The van der Waals surface area contributed by atoms with Crippen LogP contribution in [-0.4, -0.2) is 23.0 Å². The van der Waals surface area contributed by atoms with Crippen LogP contribution >= 0.6 is 0 Å². The molecule has 1 saturated heterocycles. The molecule has 1 aliphatic heterocycles. The van der Waals surface area contributed by atoms with Crippen molar-refractivity contribution in [1.29, 1.82) is 0 Å². The lowest BCUT2D eigenvalue weighted by Crippen LogP contribution is -2.46. The van der Waals surface area contributed by atoms with Crippen LogP contribution in [0.4, 0.5) is 0 Å². The molecule has 0 aromatic rings. The number of hydrogen-bond acceptors (Lipinski definition) is 1. The lowest BCUT2D eigenvalue weighted by atomic mass is 9.78. The predicted octanol–water partition coefficient (Wildman–Crippen LogP) is 4.96. The topological polar surface area (TPSA) is 3.24 Å². The SMILES string of the molecule is CC(C)(C)CC1CC(C(C)(C)C)CN1C(C)(C)C. The van der Waals surface area contributed by atoms with E-state index in [4.69, 9.17) is 0 Å². The molecule has 1 heterocycles. The van der Waals surface area contributed by atoms with E-state index in [1.165, 1.54) is 19.4 Å². The molecule has 0 aliphatic carbocycles. The van der Waals surface area contributed by atoms with Crippen LogP contribution in [0.5, 0.6) is 0 Å². The van der Waals surface area contributed by atoms with E-state index < -0.39 is 0 Å². The molecular formula is C17H35N. The smallest absolute Gasteiger partial charge is 0.0128 e. The molecule has 0 bridgehead atoms. The van der Waals surface area contributed by atoms with Gasteiger partial charge in [-0.2, -0.15) is 0 Å². The van der Waals surface area contributed by atoms with Gasteiger partial charge < -0.3 is 0 Å². The van der Waals surface area contributed by atoms with Gasteiger partial charge in [-0.15, -0.1) is 0 Å². The first-order valence-electron chi connectivity index (χ1n) is 7.57. The number of hydrogen-bond donors (Lipinski definition) is 0. The Balaban J connectivity index is 2.86. The Bertz CT molecular complexity index is 271. The van der Waals surface area contributed by atoms with Crippen LogP contribution in [0.1, 0.15) is 75.2 Å². The van der Waals surface area contributed by atoms with Crippen LogP contribution in [0, 0.1) is 16.7 Å². The first-order valence-corrected chi connectivity index (χ1v) is 7.57. The zero-order valence-electron chi connectivity index (χ0n) is 14.2. The van der Waals surface area contributed by atoms with Crippen molar-refractivity contribution in [2.75, 3.05) is 6.54 Å². The van der Waals surface area contributed by atoms with E-state index in [1.807, 2.05) is 0 Å². The van der Waals surface area contributed by atoms with Crippen molar-refractivity contribution >= 4 is 0 Å². The summed E-state index contributed by atoms with van der Waals surface area (Å²) in [4.78, 5) is 2.76. The van der Waals surface area contributed by atoms with Crippen LogP contribution < -0.4 is 0 Å². The van der Waals surface area contributed by atoms with Gasteiger partial charge in [0.2, 0.25) is 0 Å². The van der Waals surface area contributed by atoms with Crippen molar-refractivity contribution in [2.24, 2.45) is 16.7 Å². The second-order valence-electron chi connectivity index (χ2n) is 9.54. The summed E-state index contributed by atoms with van der Waals surface area (Å²) in [5, 5.41) is 0. The standard InChI is InChI=1S/C17H35N/c1-15(2,3)11-14-10-13(16(4,5)6)12-18(14)17(7,8)9/h13-14H,10-12H2,1-9H3. The van der Waals surface area contributed by atoms with Gasteiger partial charge in [-0.1, -0.05) is 41.5 Å². The van der Waals surface area contributed by atoms with E-state index >= 15 is 0 Å². The Labute approximate surface area is 115 Å². The molecule has 1 aliphatic rings. The third-order valence-electron chi connectivity index (χ3n) is 4.35. The number of rotatable bonds is 1. The molecule has 18 heavy (non-hydrogen) atoms. The zero-order chi connectivity index (χ0) is 14.4. The van der Waals surface area contributed by atoms with Crippen molar-refractivity contribution < 1.29 is 0 Å². The molecule has 0 amide bonds. The first kappa shape index (κ1) is 16.0. The van der Waals surface area contributed by atoms with Gasteiger partial charge in [0.15, 0.2) is 0 Å². The average molecular weight is 253 g/mol. The molecule has 108 valence electrons. The highest BCUT2D eigenvalue weighted by Gasteiger charge is 2.43. The molecule has 0 spiro atoms. The second kappa shape index (κ2) is 4.81. The highest BCUT2D eigenvalue weighted by atomic mass is 15.2. The molecule has 1 fully saturated rings. The Hall–Kier alpha value is -0.0400.